The molecule has 0 aliphatic carbocycles. The smallest absolute Gasteiger partial charge is 0.410 e. The Morgan fingerprint density at radius 3 is 2.27 bits per heavy atom. The van der Waals surface area contributed by atoms with Crippen molar-refractivity contribution in [3.8, 4) is 0 Å². The molecule has 2 saturated heterocycles. The molecule has 3 unspecified atom stereocenters. The van der Waals surface area contributed by atoms with Gasteiger partial charge in [-0.3, -0.25) is 9.69 Å². The van der Waals surface area contributed by atoms with Crippen LogP contribution in [0.25, 0.3) is 0 Å². The lowest BCUT2D eigenvalue weighted by Crippen LogP contribution is -2.44. The van der Waals surface area contributed by atoms with E-state index in [2.05, 4.69) is 17.0 Å². The fourth-order valence-corrected chi connectivity index (χ4v) is 4.57. The van der Waals surface area contributed by atoms with E-state index in [-0.39, 0.29) is 36.7 Å². The predicted octanol–water partition coefficient (Wildman–Crippen LogP) is 3.46. The second-order valence-electron chi connectivity index (χ2n) is 7.93. The number of nitrogens with zero attached hydrogens (tertiary/aromatic N) is 2. The molecule has 0 aromatic heterocycles. The van der Waals surface area contributed by atoms with Gasteiger partial charge in [0, 0.05) is 25.7 Å². The normalized spacial score (nSPS) is 23.2. The van der Waals surface area contributed by atoms with Crippen molar-refractivity contribution in [1.82, 2.24) is 9.80 Å². The Hall–Kier alpha value is -2.86. The van der Waals surface area contributed by atoms with Crippen LogP contribution in [0.2, 0.25) is 0 Å². The van der Waals surface area contributed by atoms with Crippen molar-refractivity contribution in [3.05, 3.63) is 71.8 Å². The van der Waals surface area contributed by atoms with Crippen LogP contribution >= 0.6 is 0 Å². The summed E-state index contributed by atoms with van der Waals surface area (Å²) in [5, 5.41) is 0. The molecule has 6 nitrogen and oxygen atoms in total. The van der Waals surface area contributed by atoms with Gasteiger partial charge in [0.2, 0.25) is 0 Å². The summed E-state index contributed by atoms with van der Waals surface area (Å²) in [5.74, 6) is 0.0772. The van der Waals surface area contributed by atoms with Crippen LogP contribution in [0, 0.1) is 5.92 Å². The summed E-state index contributed by atoms with van der Waals surface area (Å²) >= 11 is 0. The number of rotatable bonds is 6. The van der Waals surface area contributed by atoms with E-state index < -0.39 is 0 Å². The lowest BCUT2D eigenvalue weighted by atomic mass is 10.0. The number of esters is 1. The molecule has 2 heterocycles. The Balaban J connectivity index is 1.42. The first-order valence-electron chi connectivity index (χ1n) is 10.6. The van der Waals surface area contributed by atoms with Crippen molar-refractivity contribution < 1.29 is 19.1 Å². The van der Waals surface area contributed by atoms with E-state index in [9.17, 15) is 9.59 Å². The maximum atomic E-state index is 12.6. The Morgan fingerprint density at radius 2 is 1.60 bits per heavy atom. The lowest BCUT2D eigenvalue weighted by molar-refractivity contribution is -0.149. The molecule has 0 bridgehead atoms. The Kier molecular flexibility index (Phi) is 6.33. The molecule has 2 aromatic rings. The maximum absolute atomic E-state index is 12.6. The van der Waals surface area contributed by atoms with Gasteiger partial charge in [-0.15, -0.1) is 0 Å². The summed E-state index contributed by atoms with van der Waals surface area (Å²) in [7, 11) is 0. The monoisotopic (exact) mass is 408 g/mol. The number of likely N-dealkylation sites (tertiary alicyclic amines) is 2. The van der Waals surface area contributed by atoms with Crippen molar-refractivity contribution >= 4 is 12.1 Å². The van der Waals surface area contributed by atoms with Gasteiger partial charge < -0.3 is 14.4 Å². The molecule has 4 rings (SSSR count). The van der Waals surface area contributed by atoms with Crippen molar-refractivity contribution in [3.63, 3.8) is 0 Å². The molecule has 0 radical (unpaired) electrons. The summed E-state index contributed by atoms with van der Waals surface area (Å²) in [6.45, 7) is 4.32. The second kappa shape index (κ2) is 9.30. The Labute approximate surface area is 177 Å². The third-order valence-electron chi connectivity index (χ3n) is 5.99. The van der Waals surface area contributed by atoms with Gasteiger partial charge in [-0.2, -0.15) is 0 Å². The minimum absolute atomic E-state index is 0.129. The van der Waals surface area contributed by atoms with Gasteiger partial charge in [-0.05, 0) is 30.4 Å². The summed E-state index contributed by atoms with van der Waals surface area (Å²) < 4.78 is 10.9. The molecule has 0 spiro atoms. The fraction of sp³-hybridized carbons (Fsp3) is 0.417. The topological polar surface area (TPSA) is 59.1 Å². The first-order chi connectivity index (χ1) is 14.7. The summed E-state index contributed by atoms with van der Waals surface area (Å²) in [4.78, 5) is 29.2. The average molecular weight is 408 g/mol. The molecule has 2 aromatic carbocycles. The van der Waals surface area contributed by atoms with Crippen LogP contribution < -0.4 is 0 Å². The largest absolute Gasteiger partial charge is 0.465 e. The zero-order chi connectivity index (χ0) is 20.9. The van der Waals surface area contributed by atoms with Crippen LogP contribution in [0.5, 0.6) is 0 Å². The van der Waals surface area contributed by atoms with E-state index in [1.807, 2.05) is 55.5 Å². The number of benzene rings is 2. The van der Waals surface area contributed by atoms with Gasteiger partial charge in [-0.25, -0.2) is 4.79 Å². The number of amides is 1. The molecular formula is C24H28N2O4. The number of carbonyl (C=O) groups excluding carboxylic acids is 2. The zero-order valence-electron chi connectivity index (χ0n) is 17.3. The number of hydrogen-bond acceptors (Lipinski definition) is 5. The van der Waals surface area contributed by atoms with Gasteiger partial charge in [-0.1, -0.05) is 60.7 Å². The first-order valence-corrected chi connectivity index (χ1v) is 10.6. The fourth-order valence-electron chi connectivity index (χ4n) is 4.57. The van der Waals surface area contributed by atoms with Gasteiger partial charge in [0.05, 0.1) is 6.61 Å². The minimum Gasteiger partial charge on any atom is -0.465 e. The van der Waals surface area contributed by atoms with E-state index >= 15 is 0 Å². The molecule has 3 atom stereocenters. The molecule has 158 valence electrons. The molecule has 0 saturated carbocycles. The number of ether oxygens (including phenoxy) is 2. The zero-order valence-corrected chi connectivity index (χ0v) is 17.3. The predicted molar refractivity (Wildman–Crippen MR) is 113 cm³/mol. The van der Waals surface area contributed by atoms with Crippen molar-refractivity contribution in [2.75, 3.05) is 19.7 Å². The van der Waals surface area contributed by atoms with E-state index in [1.165, 1.54) is 0 Å². The van der Waals surface area contributed by atoms with Crippen LogP contribution in [0.15, 0.2) is 60.7 Å². The van der Waals surface area contributed by atoms with Gasteiger partial charge in [0.15, 0.2) is 0 Å². The van der Waals surface area contributed by atoms with Crippen LogP contribution in [-0.2, 0) is 27.4 Å². The van der Waals surface area contributed by atoms with E-state index in [0.29, 0.717) is 32.7 Å². The van der Waals surface area contributed by atoms with Crippen molar-refractivity contribution in [1.29, 1.82) is 0 Å². The summed E-state index contributed by atoms with van der Waals surface area (Å²) in [5.41, 5.74) is 2.12. The quantitative estimate of drug-likeness (QED) is 0.685. The highest BCUT2D eigenvalue weighted by Gasteiger charge is 2.50. The van der Waals surface area contributed by atoms with Gasteiger partial charge in [0.25, 0.3) is 0 Å². The van der Waals surface area contributed by atoms with Crippen LogP contribution in [0.3, 0.4) is 0 Å². The van der Waals surface area contributed by atoms with Crippen molar-refractivity contribution in [2.45, 2.75) is 38.6 Å². The van der Waals surface area contributed by atoms with Crippen LogP contribution in [-0.4, -0.2) is 53.6 Å². The molecular weight excluding hydrogens is 380 g/mol. The van der Waals surface area contributed by atoms with E-state index in [1.54, 1.807) is 4.90 Å². The first kappa shape index (κ1) is 20.4. The minimum atomic E-state index is -0.291. The molecule has 2 aliphatic heterocycles. The third-order valence-corrected chi connectivity index (χ3v) is 5.99. The highest BCUT2D eigenvalue weighted by Crippen LogP contribution is 2.37. The molecule has 0 N–H and O–H groups in total. The van der Waals surface area contributed by atoms with E-state index in [0.717, 1.165) is 11.1 Å². The van der Waals surface area contributed by atoms with Crippen LogP contribution in [0.1, 0.15) is 24.5 Å². The standard InChI is InChI=1S/C24H28N2O4/c1-2-29-23(27)21-13-20-15-25(24(28)30-17-19-11-7-4-8-12-19)16-22(20)26(21)14-18-9-5-3-6-10-18/h3-12,20-22H,2,13-17H2,1H3. The molecule has 2 aliphatic rings. The molecule has 6 heteroatoms. The Morgan fingerprint density at radius 1 is 0.933 bits per heavy atom. The van der Waals surface area contributed by atoms with E-state index in [4.69, 9.17) is 9.47 Å². The number of carbonyl (C=O) groups is 2. The lowest BCUT2D eigenvalue weighted by Gasteiger charge is -2.29. The maximum Gasteiger partial charge on any atom is 0.410 e. The van der Waals surface area contributed by atoms with Gasteiger partial charge in [0.1, 0.15) is 12.6 Å². The average Bonchev–Trinajstić information content (AvgIpc) is 3.33. The third kappa shape index (κ3) is 4.49. The molecule has 30 heavy (non-hydrogen) atoms. The van der Waals surface area contributed by atoms with Gasteiger partial charge >= 0.3 is 12.1 Å². The highest BCUT2D eigenvalue weighted by atomic mass is 16.6. The van der Waals surface area contributed by atoms with Crippen LogP contribution in [0.4, 0.5) is 4.79 Å². The Bertz CT molecular complexity index is 858. The second-order valence-corrected chi connectivity index (χ2v) is 7.93. The summed E-state index contributed by atoms with van der Waals surface area (Å²) in [6, 6.07) is 19.7. The van der Waals surface area contributed by atoms with Crippen molar-refractivity contribution in [2.24, 2.45) is 5.92 Å². The summed E-state index contributed by atoms with van der Waals surface area (Å²) in [6.07, 6.45) is 0.416. The number of fused-ring (bicyclic) bond motifs is 1. The highest BCUT2D eigenvalue weighted by molar-refractivity contribution is 5.76. The molecule has 2 fully saturated rings. The number of hydrogen-bond donors (Lipinski definition) is 0. The SMILES string of the molecule is CCOC(=O)C1CC2CN(C(=O)OCc3ccccc3)CC2N1Cc1ccccc1. The molecule has 1 amide bonds.